The molecule has 5 heteroatoms. The average molecular weight is 339 g/mol. The maximum Gasteiger partial charge on any atom is 0.269 e. The van der Waals surface area contributed by atoms with Crippen molar-refractivity contribution in [3.63, 3.8) is 0 Å². The minimum Gasteiger partial charge on any atom is -0.273 e. The number of fused-ring (bicyclic) bond motifs is 1. The molecular formula is C19H15ClN2O2. The Morgan fingerprint density at radius 2 is 1.54 bits per heavy atom. The Kier molecular flexibility index (Phi) is 4.77. The van der Waals surface area contributed by atoms with Crippen molar-refractivity contribution in [3.05, 3.63) is 82.9 Å². The summed E-state index contributed by atoms with van der Waals surface area (Å²) in [6, 6.07) is 20.2. The monoisotopic (exact) mass is 338 g/mol. The summed E-state index contributed by atoms with van der Waals surface area (Å²) in [5.74, 6) is -0.675. The second kappa shape index (κ2) is 7.15. The first-order valence-electron chi connectivity index (χ1n) is 7.44. The topological polar surface area (TPSA) is 58.2 Å². The fourth-order valence-electron chi connectivity index (χ4n) is 2.38. The molecule has 0 atom stereocenters. The molecule has 3 aromatic carbocycles. The van der Waals surface area contributed by atoms with Gasteiger partial charge in [0.15, 0.2) is 0 Å². The van der Waals surface area contributed by atoms with Crippen LogP contribution < -0.4 is 10.9 Å². The molecule has 120 valence electrons. The van der Waals surface area contributed by atoms with Gasteiger partial charge in [-0.25, -0.2) is 0 Å². The molecule has 0 heterocycles. The summed E-state index contributed by atoms with van der Waals surface area (Å²) in [5.41, 5.74) is 6.12. The number of hydrogen-bond donors (Lipinski definition) is 2. The highest BCUT2D eigenvalue weighted by molar-refractivity contribution is 6.30. The number of amides is 2. The van der Waals surface area contributed by atoms with Crippen LogP contribution in [0.15, 0.2) is 66.7 Å². The minimum absolute atomic E-state index is 0.186. The van der Waals surface area contributed by atoms with Gasteiger partial charge in [-0.2, -0.15) is 0 Å². The molecule has 0 aliphatic carbocycles. The molecule has 0 spiro atoms. The van der Waals surface area contributed by atoms with Gasteiger partial charge in [0.1, 0.15) is 0 Å². The SMILES string of the molecule is O=C(Cc1ccc2ccccc2c1)NNC(=O)c1ccc(Cl)cc1. The molecule has 24 heavy (non-hydrogen) atoms. The fraction of sp³-hybridized carbons (Fsp3) is 0.0526. The van der Waals surface area contributed by atoms with Crippen LogP contribution in [0.2, 0.25) is 5.02 Å². The number of rotatable bonds is 3. The zero-order chi connectivity index (χ0) is 16.9. The van der Waals surface area contributed by atoms with E-state index < -0.39 is 5.91 Å². The van der Waals surface area contributed by atoms with Crippen molar-refractivity contribution >= 4 is 34.2 Å². The molecule has 0 bridgehead atoms. The van der Waals surface area contributed by atoms with Crippen LogP contribution in [0.25, 0.3) is 10.8 Å². The van der Waals surface area contributed by atoms with Crippen LogP contribution in [0.1, 0.15) is 15.9 Å². The van der Waals surface area contributed by atoms with Gasteiger partial charge in [-0.15, -0.1) is 0 Å². The van der Waals surface area contributed by atoms with E-state index in [-0.39, 0.29) is 12.3 Å². The highest BCUT2D eigenvalue weighted by Gasteiger charge is 2.08. The van der Waals surface area contributed by atoms with Gasteiger partial charge in [-0.3, -0.25) is 20.4 Å². The third-order valence-corrected chi connectivity index (χ3v) is 3.85. The minimum atomic E-state index is -0.390. The zero-order valence-electron chi connectivity index (χ0n) is 12.8. The van der Waals surface area contributed by atoms with Crippen molar-refractivity contribution in [2.75, 3.05) is 0 Å². The summed E-state index contributed by atoms with van der Waals surface area (Å²) < 4.78 is 0. The van der Waals surface area contributed by atoms with E-state index in [1.165, 1.54) is 0 Å². The van der Waals surface area contributed by atoms with E-state index in [4.69, 9.17) is 11.6 Å². The van der Waals surface area contributed by atoms with Gasteiger partial charge in [-0.05, 0) is 40.6 Å². The van der Waals surface area contributed by atoms with Gasteiger partial charge in [0, 0.05) is 10.6 Å². The molecule has 3 rings (SSSR count). The first kappa shape index (κ1) is 16.0. The molecule has 4 nitrogen and oxygen atoms in total. The third-order valence-electron chi connectivity index (χ3n) is 3.60. The normalized spacial score (nSPS) is 10.4. The Hall–Kier alpha value is -2.85. The van der Waals surface area contributed by atoms with Crippen LogP contribution >= 0.6 is 11.6 Å². The molecule has 0 radical (unpaired) electrons. The molecular weight excluding hydrogens is 324 g/mol. The molecule has 0 saturated carbocycles. The second-order valence-corrected chi connectivity index (χ2v) is 5.80. The maximum atomic E-state index is 12.0. The van der Waals surface area contributed by atoms with Crippen molar-refractivity contribution in [2.24, 2.45) is 0 Å². The molecule has 0 saturated heterocycles. The van der Waals surface area contributed by atoms with Gasteiger partial charge in [0.2, 0.25) is 5.91 Å². The summed E-state index contributed by atoms with van der Waals surface area (Å²) in [4.78, 5) is 23.9. The predicted octanol–water partition coefficient (Wildman–Crippen LogP) is 3.50. The fourth-order valence-corrected chi connectivity index (χ4v) is 2.50. The van der Waals surface area contributed by atoms with Gasteiger partial charge >= 0.3 is 0 Å². The number of halogens is 1. The average Bonchev–Trinajstić information content (AvgIpc) is 2.60. The molecule has 0 aromatic heterocycles. The lowest BCUT2D eigenvalue weighted by atomic mass is 10.1. The molecule has 3 aromatic rings. The first-order chi connectivity index (χ1) is 11.6. The highest BCUT2D eigenvalue weighted by Crippen LogP contribution is 2.15. The van der Waals surface area contributed by atoms with Crippen molar-refractivity contribution in [1.82, 2.24) is 10.9 Å². The predicted molar refractivity (Wildman–Crippen MR) is 94.7 cm³/mol. The molecule has 0 aliphatic rings. The first-order valence-corrected chi connectivity index (χ1v) is 7.82. The van der Waals surface area contributed by atoms with Gasteiger partial charge in [-0.1, -0.05) is 54.1 Å². The van der Waals surface area contributed by atoms with Crippen molar-refractivity contribution < 1.29 is 9.59 Å². The molecule has 0 aliphatic heterocycles. The molecule has 0 fully saturated rings. The Bertz CT molecular complexity index is 891. The summed E-state index contributed by atoms with van der Waals surface area (Å²) in [5, 5.41) is 2.75. The number of carbonyl (C=O) groups excluding carboxylic acids is 2. The van der Waals surface area contributed by atoms with Crippen molar-refractivity contribution in [1.29, 1.82) is 0 Å². The Morgan fingerprint density at radius 1 is 0.833 bits per heavy atom. The zero-order valence-corrected chi connectivity index (χ0v) is 13.5. The smallest absolute Gasteiger partial charge is 0.269 e. The summed E-state index contributed by atoms with van der Waals surface area (Å²) >= 11 is 5.77. The number of hydrazine groups is 1. The van der Waals surface area contributed by atoms with Crippen LogP contribution in [-0.4, -0.2) is 11.8 Å². The Labute approximate surface area is 144 Å². The Morgan fingerprint density at radius 3 is 2.29 bits per heavy atom. The lowest BCUT2D eigenvalue weighted by molar-refractivity contribution is -0.121. The lowest BCUT2D eigenvalue weighted by Gasteiger charge is -2.08. The van der Waals surface area contributed by atoms with Crippen LogP contribution in [0.5, 0.6) is 0 Å². The van der Waals surface area contributed by atoms with E-state index >= 15 is 0 Å². The summed E-state index contributed by atoms with van der Waals surface area (Å²) in [6.07, 6.45) is 0.186. The van der Waals surface area contributed by atoms with E-state index in [1.807, 2.05) is 42.5 Å². The summed E-state index contributed by atoms with van der Waals surface area (Å²) in [6.45, 7) is 0. The maximum absolute atomic E-state index is 12.0. The molecule has 2 N–H and O–H groups in total. The van der Waals surface area contributed by atoms with Gasteiger partial charge < -0.3 is 0 Å². The Balaban J connectivity index is 1.58. The van der Waals surface area contributed by atoms with Crippen molar-refractivity contribution in [2.45, 2.75) is 6.42 Å². The summed E-state index contributed by atoms with van der Waals surface area (Å²) in [7, 11) is 0. The van der Waals surface area contributed by atoms with Crippen LogP contribution in [-0.2, 0) is 11.2 Å². The van der Waals surface area contributed by atoms with E-state index in [2.05, 4.69) is 10.9 Å². The second-order valence-electron chi connectivity index (χ2n) is 5.37. The van der Waals surface area contributed by atoms with E-state index in [9.17, 15) is 9.59 Å². The number of nitrogens with one attached hydrogen (secondary N) is 2. The molecule has 0 unspecified atom stereocenters. The van der Waals surface area contributed by atoms with E-state index in [1.54, 1.807) is 24.3 Å². The van der Waals surface area contributed by atoms with E-state index in [0.29, 0.717) is 10.6 Å². The standard InChI is InChI=1S/C19H15ClN2O2/c20-17-9-7-15(8-10-17)19(24)22-21-18(23)12-13-5-6-14-3-1-2-4-16(14)11-13/h1-11H,12H2,(H,21,23)(H,22,24). The van der Waals surface area contributed by atoms with Crippen molar-refractivity contribution in [3.8, 4) is 0 Å². The quantitative estimate of drug-likeness (QED) is 0.718. The molecule has 2 amide bonds. The highest BCUT2D eigenvalue weighted by atomic mass is 35.5. The number of carbonyl (C=O) groups is 2. The van der Waals surface area contributed by atoms with Crippen LogP contribution in [0, 0.1) is 0 Å². The van der Waals surface area contributed by atoms with Gasteiger partial charge in [0.25, 0.3) is 5.91 Å². The van der Waals surface area contributed by atoms with Crippen LogP contribution in [0.4, 0.5) is 0 Å². The number of benzene rings is 3. The van der Waals surface area contributed by atoms with Crippen LogP contribution in [0.3, 0.4) is 0 Å². The van der Waals surface area contributed by atoms with Gasteiger partial charge in [0.05, 0.1) is 6.42 Å². The lowest BCUT2D eigenvalue weighted by Crippen LogP contribution is -2.42. The number of hydrogen-bond acceptors (Lipinski definition) is 2. The largest absolute Gasteiger partial charge is 0.273 e. The third kappa shape index (κ3) is 3.91. The van der Waals surface area contributed by atoms with E-state index in [0.717, 1.165) is 16.3 Å².